The Labute approximate surface area is 148 Å². The number of rotatable bonds is 7. The molecular formula is C21H38O3. The van der Waals surface area contributed by atoms with Crippen LogP contribution < -0.4 is 0 Å². The predicted molar refractivity (Wildman–Crippen MR) is 97.2 cm³/mol. The monoisotopic (exact) mass is 338 g/mol. The Bertz CT molecular complexity index is 369. The average molecular weight is 339 g/mol. The molecule has 0 radical (unpaired) electrons. The van der Waals surface area contributed by atoms with Crippen LogP contribution in [0, 0.1) is 17.3 Å². The molecule has 24 heavy (non-hydrogen) atoms. The Morgan fingerprint density at radius 3 is 2.00 bits per heavy atom. The highest BCUT2D eigenvalue weighted by Crippen LogP contribution is 2.48. The zero-order valence-electron chi connectivity index (χ0n) is 16.1. The molecule has 3 atom stereocenters. The molecule has 0 aromatic carbocycles. The molecule has 0 aromatic rings. The molecule has 140 valence electrons. The highest BCUT2D eigenvalue weighted by molar-refractivity contribution is 4.90. The van der Waals surface area contributed by atoms with Crippen molar-refractivity contribution >= 4 is 0 Å². The van der Waals surface area contributed by atoms with E-state index in [2.05, 4.69) is 20.8 Å². The summed E-state index contributed by atoms with van der Waals surface area (Å²) in [6.45, 7) is 9.81. The van der Waals surface area contributed by atoms with Crippen molar-refractivity contribution in [2.24, 2.45) is 17.3 Å². The first kappa shape index (κ1) is 18.7. The van der Waals surface area contributed by atoms with Crippen molar-refractivity contribution in [2.45, 2.75) is 96.9 Å². The van der Waals surface area contributed by atoms with Crippen LogP contribution in [0.4, 0.5) is 0 Å². The van der Waals surface area contributed by atoms with E-state index in [1.807, 2.05) is 0 Å². The Hall–Kier alpha value is -0.120. The molecule has 2 aliphatic carbocycles. The van der Waals surface area contributed by atoms with Gasteiger partial charge < -0.3 is 14.2 Å². The van der Waals surface area contributed by atoms with E-state index >= 15 is 0 Å². The molecule has 3 unspecified atom stereocenters. The van der Waals surface area contributed by atoms with Gasteiger partial charge in [0.1, 0.15) is 6.10 Å². The van der Waals surface area contributed by atoms with Gasteiger partial charge in [-0.15, -0.1) is 0 Å². The van der Waals surface area contributed by atoms with Crippen molar-refractivity contribution < 1.29 is 14.2 Å². The molecule has 1 saturated heterocycles. The van der Waals surface area contributed by atoms with Crippen molar-refractivity contribution in [1.29, 1.82) is 0 Å². The highest BCUT2D eigenvalue weighted by Gasteiger charge is 2.40. The standard InChI is InChI=1S/C21H38O3/c1-4-22-19-12-9-17(10-13-19)21(2,3)16-6-5-7-18(11-8-16)23-14-20-15-24-20/h16-20H,4-15H2,1-3H3/t16?,17-,18?,19+,20?. The first-order valence-electron chi connectivity index (χ1n) is 10.4. The Morgan fingerprint density at radius 1 is 0.833 bits per heavy atom. The Morgan fingerprint density at radius 2 is 1.42 bits per heavy atom. The minimum Gasteiger partial charge on any atom is -0.379 e. The van der Waals surface area contributed by atoms with Gasteiger partial charge in [0.25, 0.3) is 0 Å². The van der Waals surface area contributed by atoms with E-state index in [9.17, 15) is 0 Å². The fraction of sp³-hybridized carbons (Fsp3) is 1.00. The van der Waals surface area contributed by atoms with Gasteiger partial charge in [0, 0.05) is 6.61 Å². The Kier molecular flexibility index (Phi) is 6.62. The lowest BCUT2D eigenvalue weighted by atomic mass is 9.62. The summed E-state index contributed by atoms with van der Waals surface area (Å²) in [5, 5.41) is 0. The van der Waals surface area contributed by atoms with Gasteiger partial charge in [-0.2, -0.15) is 0 Å². The van der Waals surface area contributed by atoms with Gasteiger partial charge in [-0.1, -0.05) is 20.3 Å². The van der Waals surface area contributed by atoms with Crippen LogP contribution in [0.2, 0.25) is 0 Å². The second kappa shape index (κ2) is 8.51. The average Bonchev–Trinajstić information content (AvgIpc) is 3.40. The topological polar surface area (TPSA) is 31.0 Å². The summed E-state index contributed by atoms with van der Waals surface area (Å²) in [5.74, 6) is 1.73. The molecule has 3 nitrogen and oxygen atoms in total. The van der Waals surface area contributed by atoms with Crippen molar-refractivity contribution in [3.05, 3.63) is 0 Å². The smallest absolute Gasteiger partial charge is 0.104 e. The molecule has 0 amide bonds. The van der Waals surface area contributed by atoms with E-state index in [0.717, 1.165) is 31.7 Å². The van der Waals surface area contributed by atoms with Crippen molar-refractivity contribution in [1.82, 2.24) is 0 Å². The maximum atomic E-state index is 6.09. The zero-order valence-corrected chi connectivity index (χ0v) is 16.1. The van der Waals surface area contributed by atoms with Crippen LogP contribution >= 0.6 is 0 Å². The SMILES string of the molecule is CCO[C@H]1CC[C@@H](C(C)(C)C2CCCC(OCC3CO3)CC2)CC1. The number of hydrogen-bond donors (Lipinski definition) is 0. The molecule has 0 bridgehead atoms. The van der Waals surface area contributed by atoms with E-state index in [4.69, 9.17) is 14.2 Å². The van der Waals surface area contributed by atoms with Gasteiger partial charge in [-0.05, 0) is 75.5 Å². The second-order valence-electron chi connectivity index (χ2n) is 8.87. The lowest BCUT2D eigenvalue weighted by molar-refractivity contribution is -0.00985. The molecule has 0 N–H and O–H groups in total. The van der Waals surface area contributed by atoms with Gasteiger partial charge in [-0.25, -0.2) is 0 Å². The summed E-state index contributed by atoms with van der Waals surface area (Å²) in [5.41, 5.74) is 0.464. The fourth-order valence-electron chi connectivity index (χ4n) is 5.13. The van der Waals surface area contributed by atoms with Gasteiger partial charge in [-0.3, -0.25) is 0 Å². The molecule has 0 spiro atoms. The largest absolute Gasteiger partial charge is 0.379 e. The van der Waals surface area contributed by atoms with E-state index in [1.54, 1.807) is 0 Å². The normalized spacial score (nSPS) is 37.9. The molecule has 0 aromatic heterocycles. The van der Waals surface area contributed by atoms with Crippen molar-refractivity contribution in [3.63, 3.8) is 0 Å². The summed E-state index contributed by atoms with van der Waals surface area (Å²) >= 11 is 0. The summed E-state index contributed by atoms with van der Waals surface area (Å²) in [4.78, 5) is 0. The van der Waals surface area contributed by atoms with E-state index in [0.29, 0.717) is 23.7 Å². The van der Waals surface area contributed by atoms with Gasteiger partial charge >= 0.3 is 0 Å². The molecule has 1 heterocycles. The highest BCUT2D eigenvalue weighted by atomic mass is 16.6. The summed E-state index contributed by atoms with van der Waals surface area (Å²) in [6, 6.07) is 0. The predicted octanol–water partition coefficient (Wildman–Crippen LogP) is 4.97. The molecular weight excluding hydrogens is 300 g/mol. The first-order valence-corrected chi connectivity index (χ1v) is 10.4. The van der Waals surface area contributed by atoms with Gasteiger partial charge in [0.05, 0.1) is 25.4 Å². The van der Waals surface area contributed by atoms with Crippen molar-refractivity contribution in [2.75, 3.05) is 19.8 Å². The third-order valence-corrected chi connectivity index (χ3v) is 7.02. The lowest BCUT2D eigenvalue weighted by Gasteiger charge is -2.44. The second-order valence-corrected chi connectivity index (χ2v) is 8.87. The van der Waals surface area contributed by atoms with Crippen LogP contribution in [0.15, 0.2) is 0 Å². The molecule has 3 heteroatoms. The quantitative estimate of drug-likeness (QED) is 0.485. The summed E-state index contributed by atoms with van der Waals surface area (Å²) in [6.07, 6.45) is 13.2. The number of epoxide rings is 1. The molecule has 3 aliphatic rings. The maximum Gasteiger partial charge on any atom is 0.104 e. The van der Waals surface area contributed by atoms with Crippen LogP contribution in [0.5, 0.6) is 0 Å². The zero-order chi connectivity index (χ0) is 17.0. The molecule has 2 saturated carbocycles. The summed E-state index contributed by atoms with van der Waals surface area (Å²) < 4.78 is 17.2. The van der Waals surface area contributed by atoms with Gasteiger partial charge in [0.2, 0.25) is 0 Å². The van der Waals surface area contributed by atoms with Crippen LogP contribution in [-0.4, -0.2) is 38.1 Å². The number of hydrogen-bond acceptors (Lipinski definition) is 3. The van der Waals surface area contributed by atoms with E-state index < -0.39 is 0 Å². The third-order valence-electron chi connectivity index (χ3n) is 7.02. The molecule has 3 fully saturated rings. The first-order chi connectivity index (χ1) is 11.6. The van der Waals surface area contributed by atoms with Crippen LogP contribution in [-0.2, 0) is 14.2 Å². The van der Waals surface area contributed by atoms with Crippen LogP contribution in [0.1, 0.15) is 78.6 Å². The molecule has 1 aliphatic heterocycles. The Balaban J connectivity index is 1.47. The summed E-state index contributed by atoms with van der Waals surface area (Å²) in [7, 11) is 0. The van der Waals surface area contributed by atoms with Gasteiger partial charge in [0.15, 0.2) is 0 Å². The van der Waals surface area contributed by atoms with Crippen LogP contribution in [0.25, 0.3) is 0 Å². The van der Waals surface area contributed by atoms with E-state index in [-0.39, 0.29) is 0 Å². The lowest BCUT2D eigenvalue weighted by Crippen LogP contribution is -2.36. The van der Waals surface area contributed by atoms with Crippen molar-refractivity contribution in [3.8, 4) is 0 Å². The molecule has 3 rings (SSSR count). The minimum atomic E-state index is 0.404. The third kappa shape index (κ3) is 4.95. The fourth-order valence-corrected chi connectivity index (χ4v) is 5.13. The minimum absolute atomic E-state index is 0.404. The van der Waals surface area contributed by atoms with Crippen LogP contribution in [0.3, 0.4) is 0 Å². The van der Waals surface area contributed by atoms with E-state index in [1.165, 1.54) is 57.8 Å². The number of ether oxygens (including phenoxy) is 3. The maximum absolute atomic E-state index is 6.09.